The van der Waals surface area contributed by atoms with Crippen molar-refractivity contribution in [3.8, 4) is 0 Å². The first-order valence-corrected chi connectivity index (χ1v) is 6.47. The van der Waals surface area contributed by atoms with E-state index in [1.54, 1.807) is 0 Å². The molecule has 1 aliphatic carbocycles. The highest BCUT2D eigenvalue weighted by Gasteiger charge is 2.43. The Morgan fingerprint density at radius 1 is 1.19 bits per heavy atom. The second-order valence-electron chi connectivity index (χ2n) is 6.67. The van der Waals surface area contributed by atoms with E-state index in [0.29, 0.717) is 6.04 Å². The summed E-state index contributed by atoms with van der Waals surface area (Å²) in [5.74, 6) is 0.842. The standard InChI is InChI=1S/C13H26N2O/c1-12(2)8-15(9-13(3,4)16-12)11(7-14)10-5-6-10/h10-11H,5-9,14H2,1-4H3. The Hall–Kier alpha value is -0.120. The van der Waals surface area contributed by atoms with Gasteiger partial charge in [-0.25, -0.2) is 0 Å². The third kappa shape index (κ3) is 2.76. The Morgan fingerprint density at radius 2 is 1.69 bits per heavy atom. The van der Waals surface area contributed by atoms with Crippen LogP contribution < -0.4 is 5.73 Å². The van der Waals surface area contributed by atoms with Crippen LogP contribution in [0.5, 0.6) is 0 Å². The van der Waals surface area contributed by atoms with Gasteiger partial charge < -0.3 is 10.5 Å². The highest BCUT2D eigenvalue weighted by Crippen LogP contribution is 2.38. The molecule has 3 heteroatoms. The van der Waals surface area contributed by atoms with Crippen LogP contribution >= 0.6 is 0 Å². The van der Waals surface area contributed by atoms with E-state index < -0.39 is 0 Å². The van der Waals surface area contributed by atoms with Crippen molar-refractivity contribution in [1.82, 2.24) is 4.90 Å². The second kappa shape index (κ2) is 3.97. The van der Waals surface area contributed by atoms with Crippen molar-refractivity contribution >= 4 is 0 Å². The van der Waals surface area contributed by atoms with E-state index in [1.165, 1.54) is 12.8 Å². The smallest absolute Gasteiger partial charge is 0.0760 e. The van der Waals surface area contributed by atoms with Crippen molar-refractivity contribution in [1.29, 1.82) is 0 Å². The van der Waals surface area contributed by atoms with E-state index in [9.17, 15) is 0 Å². The molecule has 1 unspecified atom stereocenters. The molecule has 1 heterocycles. The van der Waals surface area contributed by atoms with Gasteiger partial charge in [0, 0.05) is 25.7 Å². The molecule has 0 radical (unpaired) electrons. The molecule has 2 aliphatic rings. The summed E-state index contributed by atoms with van der Waals surface area (Å²) in [4.78, 5) is 2.56. The van der Waals surface area contributed by atoms with Gasteiger partial charge in [0.15, 0.2) is 0 Å². The number of nitrogens with zero attached hydrogens (tertiary/aromatic N) is 1. The Morgan fingerprint density at radius 3 is 2.06 bits per heavy atom. The van der Waals surface area contributed by atoms with Crippen LogP contribution in [0.4, 0.5) is 0 Å². The third-order valence-electron chi connectivity index (χ3n) is 3.60. The maximum atomic E-state index is 6.10. The maximum Gasteiger partial charge on any atom is 0.0760 e. The Balaban J connectivity index is 2.08. The zero-order valence-corrected chi connectivity index (χ0v) is 11.1. The normalized spacial score (nSPS) is 31.3. The first-order chi connectivity index (χ1) is 7.33. The van der Waals surface area contributed by atoms with Gasteiger partial charge in [0.1, 0.15) is 0 Å². The predicted octanol–water partition coefficient (Wildman–Crippen LogP) is 1.61. The van der Waals surface area contributed by atoms with Gasteiger partial charge in [-0.1, -0.05) is 0 Å². The molecular formula is C13H26N2O. The van der Waals surface area contributed by atoms with Crippen LogP contribution in [0.15, 0.2) is 0 Å². The molecule has 0 bridgehead atoms. The zero-order chi connectivity index (χ0) is 12.0. The number of rotatable bonds is 3. The summed E-state index contributed by atoms with van der Waals surface area (Å²) in [6.45, 7) is 11.5. The highest BCUT2D eigenvalue weighted by atomic mass is 16.5. The molecule has 0 aromatic heterocycles. The molecular weight excluding hydrogens is 200 g/mol. The Kier molecular flexibility index (Phi) is 3.06. The van der Waals surface area contributed by atoms with Gasteiger partial charge in [0.05, 0.1) is 11.2 Å². The average molecular weight is 226 g/mol. The van der Waals surface area contributed by atoms with E-state index in [2.05, 4.69) is 32.6 Å². The zero-order valence-electron chi connectivity index (χ0n) is 11.1. The van der Waals surface area contributed by atoms with E-state index in [0.717, 1.165) is 25.6 Å². The largest absolute Gasteiger partial charge is 0.367 e. The molecule has 1 saturated heterocycles. The van der Waals surface area contributed by atoms with Crippen molar-refractivity contribution in [2.24, 2.45) is 11.7 Å². The van der Waals surface area contributed by atoms with Crippen molar-refractivity contribution in [2.75, 3.05) is 19.6 Å². The van der Waals surface area contributed by atoms with Crippen LogP contribution in [-0.2, 0) is 4.74 Å². The number of hydrogen-bond acceptors (Lipinski definition) is 3. The maximum absolute atomic E-state index is 6.10. The van der Waals surface area contributed by atoms with Gasteiger partial charge in [0.25, 0.3) is 0 Å². The van der Waals surface area contributed by atoms with Gasteiger partial charge in [-0.15, -0.1) is 0 Å². The van der Waals surface area contributed by atoms with Crippen LogP contribution in [0.3, 0.4) is 0 Å². The van der Waals surface area contributed by atoms with Gasteiger partial charge in [0.2, 0.25) is 0 Å². The van der Waals surface area contributed by atoms with Gasteiger partial charge in [-0.3, -0.25) is 4.90 Å². The molecule has 0 amide bonds. The fourth-order valence-electron chi connectivity index (χ4n) is 3.20. The molecule has 1 aliphatic heterocycles. The van der Waals surface area contributed by atoms with Crippen LogP contribution in [0.1, 0.15) is 40.5 Å². The summed E-state index contributed by atoms with van der Waals surface area (Å²) >= 11 is 0. The molecule has 94 valence electrons. The SMILES string of the molecule is CC1(C)CN(C(CN)C2CC2)CC(C)(C)O1. The van der Waals surface area contributed by atoms with Crippen molar-refractivity contribution < 1.29 is 4.74 Å². The first kappa shape index (κ1) is 12.3. The third-order valence-corrected chi connectivity index (χ3v) is 3.60. The number of ether oxygens (including phenoxy) is 1. The minimum absolute atomic E-state index is 0.0515. The quantitative estimate of drug-likeness (QED) is 0.794. The van der Waals surface area contributed by atoms with E-state index in [4.69, 9.17) is 10.5 Å². The molecule has 2 fully saturated rings. The minimum atomic E-state index is -0.0515. The highest BCUT2D eigenvalue weighted by molar-refractivity contribution is 4.96. The lowest BCUT2D eigenvalue weighted by molar-refractivity contribution is -0.188. The molecule has 0 aromatic carbocycles. The molecule has 1 saturated carbocycles. The lowest BCUT2D eigenvalue weighted by Gasteiger charge is -2.49. The summed E-state index contributed by atoms with van der Waals surface area (Å²) in [5, 5.41) is 0. The fraction of sp³-hybridized carbons (Fsp3) is 1.00. The predicted molar refractivity (Wildman–Crippen MR) is 66.4 cm³/mol. The average Bonchev–Trinajstić information content (AvgIpc) is 2.83. The summed E-state index contributed by atoms with van der Waals surface area (Å²) in [6.07, 6.45) is 2.72. The van der Waals surface area contributed by atoms with Gasteiger partial charge in [-0.05, 0) is 46.5 Å². The molecule has 2 rings (SSSR count). The van der Waals surface area contributed by atoms with Crippen molar-refractivity contribution in [2.45, 2.75) is 57.8 Å². The minimum Gasteiger partial charge on any atom is -0.367 e. The van der Waals surface area contributed by atoms with Crippen LogP contribution in [0.25, 0.3) is 0 Å². The Labute approximate surface area is 99.3 Å². The molecule has 2 N–H and O–H groups in total. The van der Waals surface area contributed by atoms with Crippen LogP contribution in [0, 0.1) is 5.92 Å². The molecule has 0 spiro atoms. The van der Waals surface area contributed by atoms with Gasteiger partial charge >= 0.3 is 0 Å². The number of nitrogens with two attached hydrogens (primary N) is 1. The van der Waals surface area contributed by atoms with Crippen LogP contribution in [0.2, 0.25) is 0 Å². The van der Waals surface area contributed by atoms with E-state index >= 15 is 0 Å². The van der Waals surface area contributed by atoms with Crippen LogP contribution in [-0.4, -0.2) is 41.8 Å². The second-order valence-corrected chi connectivity index (χ2v) is 6.67. The fourth-order valence-corrected chi connectivity index (χ4v) is 3.20. The molecule has 3 nitrogen and oxygen atoms in total. The molecule has 1 atom stereocenters. The lowest BCUT2D eigenvalue weighted by atomic mass is 9.96. The van der Waals surface area contributed by atoms with E-state index in [1.807, 2.05) is 0 Å². The van der Waals surface area contributed by atoms with Crippen molar-refractivity contribution in [3.05, 3.63) is 0 Å². The monoisotopic (exact) mass is 226 g/mol. The summed E-state index contributed by atoms with van der Waals surface area (Å²) in [7, 11) is 0. The van der Waals surface area contributed by atoms with E-state index in [-0.39, 0.29) is 11.2 Å². The number of hydrogen-bond donors (Lipinski definition) is 1. The summed E-state index contributed by atoms with van der Waals surface area (Å²) in [5.41, 5.74) is 5.84. The number of morpholine rings is 1. The topological polar surface area (TPSA) is 38.5 Å². The Bertz CT molecular complexity index is 243. The van der Waals surface area contributed by atoms with Gasteiger partial charge in [-0.2, -0.15) is 0 Å². The van der Waals surface area contributed by atoms with Crippen molar-refractivity contribution in [3.63, 3.8) is 0 Å². The molecule has 0 aromatic rings. The summed E-state index contributed by atoms with van der Waals surface area (Å²) in [6, 6.07) is 0.572. The first-order valence-electron chi connectivity index (χ1n) is 6.47. The summed E-state index contributed by atoms with van der Waals surface area (Å²) < 4.78 is 6.10. The molecule has 16 heavy (non-hydrogen) atoms. The lowest BCUT2D eigenvalue weighted by Crippen LogP contribution is -2.61.